The normalized spacial score (nSPS) is 14.2. The monoisotopic (exact) mass is 390 g/mol. The summed E-state index contributed by atoms with van der Waals surface area (Å²) in [5.41, 5.74) is 0.889. The minimum Gasteiger partial charge on any atom is -0.445 e. The second-order valence-electron chi connectivity index (χ2n) is 7.21. The van der Waals surface area contributed by atoms with Crippen LogP contribution in [0, 0.1) is 11.9 Å². The van der Waals surface area contributed by atoms with Gasteiger partial charge in [-0.2, -0.15) is 4.39 Å². The fourth-order valence-corrected chi connectivity index (χ4v) is 3.38. The number of pyridine rings is 1. The van der Waals surface area contributed by atoms with Crippen molar-refractivity contribution in [2.24, 2.45) is 5.92 Å². The van der Waals surface area contributed by atoms with E-state index in [1.54, 1.807) is 17.0 Å². The standard InChI is InChI=1S/C19H20ClFN4O2/c1-11(2)3-6-16-22-13-10-24(8-7-14(13)27-16)19(26)17-18(21)25-9-12(20)4-5-15(25)23-17/h4-5,9,11H,3,6-8,10H2,1-2H3. The third-order valence-electron chi connectivity index (χ3n) is 4.72. The molecule has 0 aliphatic carbocycles. The highest BCUT2D eigenvalue weighted by molar-refractivity contribution is 6.30. The van der Waals surface area contributed by atoms with Crippen LogP contribution < -0.4 is 0 Å². The summed E-state index contributed by atoms with van der Waals surface area (Å²) in [5.74, 6) is 0.931. The minimum absolute atomic E-state index is 0.204. The molecule has 0 aromatic carbocycles. The predicted molar refractivity (Wildman–Crippen MR) is 98.3 cm³/mol. The first kappa shape index (κ1) is 18.0. The van der Waals surface area contributed by atoms with Gasteiger partial charge in [-0.05, 0) is 24.5 Å². The van der Waals surface area contributed by atoms with Crippen molar-refractivity contribution < 1.29 is 13.6 Å². The van der Waals surface area contributed by atoms with Crippen LogP contribution in [0.2, 0.25) is 5.02 Å². The Kier molecular flexibility index (Phi) is 4.63. The van der Waals surface area contributed by atoms with Gasteiger partial charge in [0.15, 0.2) is 11.6 Å². The molecule has 0 atom stereocenters. The number of hydrogen-bond acceptors (Lipinski definition) is 4. The third kappa shape index (κ3) is 3.43. The summed E-state index contributed by atoms with van der Waals surface area (Å²) >= 11 is 5.90. The van der Waals surface area contributed by atoms with Crippen molar-refractivity contribution in [3.05, 3.63) is 52.3 Å². The van der Waals surface area contributed by atoms with Crippen molar-refractivity contribution in [1.29, 1.82) is 0 Å². The van der Waals surface area contributed by atoms with Gasteiger partial charge in [0.1, 0.15) is 17.1 Å². The SMILES string of the molecule is CC(C)CCc1nc2c(o1)CCN(C(=O)c1nc3ccc(Cl)cn3c1F)C2. The molecular weight excluding hydrogens is 371 g/mol. The first-order chi connectivity index (χ1) is 12.9. The summed E-state index contributed by atoms with van der Waals surface area (Å²) in [6.07, 6.45) is 3.75. The van der Waals surface area contributed by atoms with Crippen LogP contribution in [-0.2, 0) is 19.4 Å². The van der Waals surface area contributed by atoms with Crippen LogP contribution in [0.3, 0.4) is 0 Å². The molecule has 0 unspecified atom stereocenters. The molecule has 3 aromatic rings. The lowest BCUT2D eigenvalue weighted by molar-refractivity contribution is 0.0717. The Morgan fingerprint density at radius 3 is 2.96 bits per heavy atom. The molecule has 0 saturated carbocycles. The average Bonchev–Trinajstić information content (AvgIpc) is 3.20. The summed E-state index contributed by atoms with van der Waals surface area (Å²) in [6, 6.07) is 3.19. The second kappa shape index (κ2) is 6.96. The summed E-state index contributed by atoms with van der Waals surface area (Å²) in [6.45, 7) is 5.05. The van der Waals surface area contributed by atoms with Crippen molar-refractivity contribution in [2.45, 2.75) is 39.7 Å². The van der Waals surface area contributed by atoms with Crippen LogP contribution in [0.15, 0.2) is 22.7 Å². The summed E-state index contributed by atoms with van der Waals surface area (Å²) < 4.78 is 21.7. The lowest BCUT2D eigenvalue weighted by Crippen LogP contribution is -2.36. The predicted octanol–water partition coefficient (Wildman–Crippen LogP) is 3.90. The maximum atomic E-state index is 14.7. The van der Waals surface area contributed by atoms with Gasteiger partial charge in [0.25, 0.3) is 5.91 Å². The summed E-state index contributed by atoms with van der Waals surface area (Å²) in [4.78, 5) is 23.0. The molecular formula is C19H20ClFN4O2. The Labute approximate surface area is 161 Å². The van der Waals surface area contributed by atoms with Crippen LogP contribution >= 0.6 is 11.6 Å². The van der Waals surface area contributed by atoms with Gasteiger partial charge < -0.3 is 9.32 Å². The Hall–Kier alpha value is -2.41. The van der Waals surface area contributed by atoms with E-state index < -0.39 is 11.9 Å². The van der Waals surface area contributed by atoms with E-state index in [1.165, 1.54) is 10.6 Å². The number of carbonyl (C=O) groups excluding carboxylic acids is 1. The van der Waals surface area contributed by atoms with E-state index in [0.29, 0.717) is 42.0 Å². The fourth-order valence-electron chi connectivity index (χ4n) is 3.22. The molecule has 142 valence electrons. The Bertz CT molecular complexity index is 1010. The molecule has 0 saturated heterocycles. The van der Waals surface area contributed by atoms with E-state index in [9.17, 15) is 9.18 Å². The number of rotatable bonds is 4. The van der Waals surface area contributed by atoms with Gasteiger partial charge >= 0.3 is 0 Å². The number of hydrogen-bond donors (Lipinski definition) is 0. The van der Waals surface area contributed by atoms with Crippen LogP contribution in [0.5, 0.6) is 0 Å². The molecule has 4 rings (SSSR count). The number of amides is 1. The zero-order valence-corrected chi connectivity index (χ0v) is 16.0. The van der Waals surface area contributed by atoms with E-state index in [1.807, 2.05) is 0 Å². The van der Waals surface area contributed by atoms with E-state index in [2.05, 4.69) is 23.8 Å². The number of aromatic nitrogens is 3. The first-order valence-corrected chi connectivity index (χ1v) is 9.40. The maximum Gasteiger partial charge on any atom is 0.277 e. The largest absolute Gasteiger partial charge is 0.445 e. The Balaban J connectivity index is 1.55. The van der Waals surface area contributed by atoms with Gasteiger partial charge in [-0.25, -0.2) is 9.97 Å². The number of oxazole rings is 1. The quantitative estimate of drug-likeness (QED) is 0.677. The van der Waals surface area contributed by atoms with Crippen LogP contribution in [0.1, 0.15) is 48.1 Å². The number of nitrogens with zero attached hydrogens (tertiary/aromatic N) is 4. The van der Waals surface area contributed by atoms with Crippen molar-refractivity contribution in [3.63, 3.8) is 0 Å². The molecule has 3 aromatic heterocycles. The molecule has 1 amide bonds. The molecule has 1 aliphatic rings. The van der Waals surface area contributed by atoms with E-state index in [0.717, 1.165) is 24.3 Å². The fraction of sp³-hybridized carbons (Fsp3) is 0.421. The summed E-state index contributed by atoms with van der Waals surface area (Å²) in [5, 5.41) is 0.372. The van der Waals surface area contributed by atoms with Crippen molar-refractivity contribution >= 4 is 23.2 Å². The van der Waals surface area contributed by atoms with E-state index in [4.69, 9.17) is 16.0 Å². The van der Waals surface area contributed by atoms with Crippen molar-refractivity contribution in [3.8, 4) is 0 Å². The van der Waals surface area contributed by atoms with Gasteiger partial charge in [-0.1, -0.05) is 25.4 Å². The lowest BCUT2D eigenvalue weighted by atomic mass is 10.1. The molecule has 0 radical (unpaired) electrons. The second-order valence-corrected chi connectivity index (χ2v) is 7.65. The zero-order chi connectivity index (χ0) is 19.1. The Morgan fingerprint density at radius 2 is 2.19 bits per heavy atom. The first-order valence-electron chi connectivity index (χ1n) is 9.02. The minimum atomic E-state index is -0.707. The number of carbonyl (C=O) groups is 1. The summed E-state index contributed by atoms with van der Waals surface area (Å²) in [7, 11) is 0. The molecule has 0 fully saturated rings. The van der Waals surface area contributed by atoms with Crippen LogP contribution in [0.4, 0.5) is 4.39 Å². The molecule has 1 aliphatic heterocycles. The molecule has 0 spiro atoms. The van der Waals surface area contributed by atoms with Crippen molar-refractivity contribution in [2.75, 3.05) is 6.54 Å². The van der Waals surface area contributed by atoms with Gasteiger partial charge in [0.2, 0.25) is 5.95 Å². The molecule has 0 N–H and O–H groups in total. The Morgan fingerprint density at radius 1 is 1.37 bits per heavy atom. The molecule has 6 nitrogen and oxygen atoms in total. The van der Waals surface area contributed by atoms with Crippen LogP contribution in [-0.4, -0.2) is 31.7 Å². The van der Waals surface area contributed by atoms with Crippen molar-refractivity contribution in [1.82, 2.24) is 19.3 Å². The van der Waals surface area contributed by atoms with E-state index in [-0.39, 0.29) is 5.69 Å². The van der Waals surface area contributed by atoms with Crippen LogP contribution in [0.25, 0.3) is 5.65 Å². The highest BCUT2D eigenvalue weighted by Crippen LogP contribution is 2.24. The van der Waals surface area contributed by atoms with Gasteiger partial charge in [0, 0.05) is 25.6 Å². The number of fused-ring (bicyclic) bond motifs is 2. The number of aryl methyl sites for hydroxylation is 1. The van der Waals surface area contributed by atoms with Gasteiger partial charge in [-0.15, -0.1) is 0 Å². The lowest BCUT2D eigenvalue weighted by Gasteiger charge is -2.24. The molecule has 4 heterocycles. The number of halogens is 2. The highest BCUT2D eigenvalue weighted by Gasteiger charge is 2.30. The maximum absolute atomic E-state index is 14.7. The zero-order valence-electron chi connectivity index (χ0n) is 15.2. The third-order valence-corrected chi connectivity index (χ3v) is 4.95. The topological polar surface area (TPSA) is 63.6 Å². The molecule has 8 heteroatoms. The highest BCUT2D eigenvalue weighted by atomic mass is 35.5. The average molecular weight is 391 g/mol. The smallest absolute Gasteiger partial charge is 0.277 e. The number of imidazole rings is 1. The molecule has 0 bridgehead atoms. The molecule has 27 heavy (non-hydrogen) atoms. The van der Waals surface area contributed by atoms with Gasteiger partial charge in [-0.3, -0.25) is 9.20 Å². The van der Waals surface area contributed by atoms with Gasteiger partial charge in [0.05, 0.1) is 11.6 Å². The van der Waals surface area contributed by atoms with E-state index >= 15 is 0 Å².